The third kappa shape index (κ3) is 5.81. The van der Waals surface area contributed by atoms with Gasteiger partial charge in [-0.05, 0) is 24.6 Å². The van der Waals surface area contributed by atoms with Crippen molar-refractivity contribution in [3.8, 4) is 0 Å². The first-order chi connectivity index (χ1) is 9.47. The van der Waals surface area contributed by atoms with Crippen molar-refractivity contribution in [2.45, 2.75) is 50.3 Å². The van der Waals surface area contributed by atoms with Crippen LogP contribution in [0.25, 0.3) is 0 Å². The van der Waals surface area contributed by atoms with Crippen LogP contribution in [0.1, 0.15) is 45.4 Å². The van der Waals surface area contributed by atoms with Gasteiger partial charge in [0.1, 0.15) is 4.90 Å². The van der Waals surface area contributed by atoms with Crippen LogP contribution in [0.5, 0.6) is 0 Å². The molecule has 0 atom stereocenters. The van der Waals surface area contributed by atoms with Crippen molar-refractivity contribution < 1.29 is 8.42 Å². The third-order valence-electron chi connectivity index (χ3n) is 3.09. The first-order valence-corrected chi connectivity index (χ1v) is 9.29. The predicted octanol–water partition coefficient (Wildman–Crippen LogP) is 3.67. The Kier molecular flexibility index (Phi) is 7.55. The Morgan fingerprint density at radius 3 is 2.50 bits per heavy atom. The summed E-state index contributed by atoms with van der Waals surface area (Å²) in [6.07, 6.45) is 6.76. The van der Waals surface area contributed by atoms with E-state index in [1.807, 2.05) is 0 Å². The molecule has 0 heterocycles. The van der Waals surface area contributed by atoms with Crippen LogP contribution in [0.15, 0.2) is 27.6 Å². The number of sulfonamides is 1. The molecule has 0 aliphatic carbocycles. The zero-order chi connectivity index (χ0) is 15.0. The molecule has 114 valence electrons. The van der Waals surface area contributed by atoms with Gasteiger partial charge in [-0.15, -0.1) is 0 Å². The lowest BCUT2D eigenvalue weighted by Gasteiger charge is -2.09. The van der Waals surface area contributed by atoms with E-state index in [2.05, 4.69) is 27.6 Å². The van der Waals surface area contributed by atoms with E-state index < -0.39 is 10.0 Å². The van der Waals surface area contributed by atoms with Crippen LogP contribution in [-0.4, -0.2) is 15.0 Å². The van der Waals surface area contributed by atoms with Crippen LogP contribution in [0.2, 0.25) is 0 Å². The fourth-order valence-electron chi connectivity index (χ4n) is 1.93. The van der Waals surface area contributed by atoms with Gasteiger partial charge in [-0.1, -0.05) is 55.0 Å². The second kappa shape index (κ2) is 8.64. The average Bonchev–Trinajstić information content (AvgIpc) is 2.40. The monoisotopic (exact) mass is 362 g/mol. The normalized spacial score (nSPS) is 11.7. The quantitative estimate of drug-likeness (QED) is 0.519. The highest BCUT2D eigenvalue weighted by molar-refractivity contribution is 9.10. The van der Waals surface area contributed by atoms with Crippen molar-refractivity contribution in [2.75, 3.05) is 12.3 Å². The molecule has 0 aromatic heterocycles. The van der Waals surface area contributed by atoms with Gasteiger partial charge in [0.25, 0.3) is 0 Å². The number of rotatable bonds is 9. The van der Waals surface area contributed by atoms with Gasteiger partial charge in [0.2, 0.25) is 10.0 Å². The van der Waals surface area contributed by atoms with Gasteiger partial charge in [0.15, 0.2) is 0 Å². The molecule has 0 amide bonds. The molecule has 0 aliphatic rings. The van der Waals surface area contributed by atoms with Gasteiger partial charge in [0, 0.05) is 11.0 Å². The summed E-state index contributed by atoms with van der Waals surface area (Å²) >= 11 is 3.26. The molecular formula is C14H23BrN2O2S. The topological polar surface area (TPSA) is 72.2 Å². The maximum absolute atomic E-state index is 12.1. The van der Waals surface area contributed by atoms with E-state index in [1.54, 1.807) is 12.1 Å². The molecule has 6 heteroatoms. The number of nitrogen functional groups attached to an aromatic ring is 1. The fourth-order valence-corrected chi connectivity index (χ4v) is 3.67. The minimum Gasteiger partial charge on any atom is -0.398 e. The zero-order valence-electron chi connectivity index (χ0n) is 11.9. The van der Waals surface area contributed by atoms with E-state index in [-0.39, 0.29) is 10.6 Å². The Morgan fingerprint density at radius 2 is 1.80 bits per heavy atom. The van der Waals surface area contributed by atoms with E-state index >= 15 is 0 Å². The Hall–Kier alpha value is -0.590. The van der Waals surface area contributed by atoms with Crippen molar-refractivity contribution in [3.63, 3.8) is 0 Å². The summed E-state index contributed by atoms with van der Waals surface area (Å²) in [5.41, 5.74) is 5.99. The summed E-state index contributed by atoms with van der Waals surface area (Å²) in [4.78, 5) is 0.137. The number of hydrogen-bond acceptors (Lipinski definition) is 3. The molecule has 0 saturated carbocycles. The van der Waals surface area contributed by atoms with Crippen molar-refractivity contribution in [1.82, 2.24) is 4.72 Å². The van der Waals surface area contributed by atoms with Crippen molar-refractivity contribution in [1.29, 1.82) is 0 Å². The molecular weight excluding hydrogens is 340 g/mol. The van der Waals surface area contributed by atoms with Crippen LogP contribution in [0, 0.1) is 0 Å². The van der Waals surface area contributed by atoms with E-state index in [4.69, 9.17) is 5.73 Å². The lowest BCUT2D eigenvalue weighted by molar-refractivity contribution is 0.568. The molecule has 1 aromatic rings. The lowest BCUT2D eigenvalue weighted by atomic mass is 10.1. The SMILES string of the molecule is CCCCCCCCNS(=O)(=O)c1cc(Br)ccc1N. The Bertz CT molecular complexity index is 518. The van der Waals surface area contributed by atoms with Gasteiger partial charge in [0.05, 0.1) is 5.69 Å². The van der Waals surface area contributed by atoms with Gasteiger partial charge in [-0.25, -0.2) is 13.1 Å². The number of hydrogen-bond donors (Lipinski definition) is 2. The molecule has 0 spiro atoms. The van der Waals surface area contributed by atoms with Crippen molar-refractivity contribution in [2.24, 2.45) is 0 Å². The Labute approximate surface area is 130 Å². The highest BCUT2D eigenvalue weighted by Gasteiger charge is 2.16. The summed E-state index contributed by atoms with van der Waals surface area (Å²) in [7, 11) is -3.52. The summed E-state index contributed by atoms with van der Waals surface area (Å²) in [6.45, 7) is 2.64. The number of unbranched alkanes of at least 4 members (excludes halogenated alkanes) is 5. The van der Waals surface area contributed by atoms with Crippen molar-refractivity contribution in [3.05, 3.63) is 22.7 Å². The number of benzene rings is 1. The molecule has 3 N–H and O–H groups in total. The van der Waals surface area contributed by atoms with Crippen LogP contribution in [-0.2, 0) is 10.0 Å². The molecule has 0 aliphatic heterocycles. The van der Waals surface area contributed by atoms with Crippen LogP contribution >= 0.6 is 15.9 Å². The second-order valence-electron chi connectivity index (χ2n) is 4.85. The highest BCUT2D eigenvalue weighted by atomic mass is 79.9. The zero-order valence-corrected chi connectivity index (χ0v) is 14.3. The summed E-state index contributed by atoms with van der Waals surface area (Å²) in [5.74, 6) is 0. The molecule has 4 nitrogen and oxygen atoms in total. The van der Waals surface area contributed by atoms with E-state index in [0.29, 0.717) is 11.0 Å². The largest absolute Gasteiger partial charge is 0.398 e. The maximum Gasteiger partial charge on any atom is 0.242 e. The lowest BCUT2D eigenvalue weighted by Crippen LogP contribution is -2.25. The van der Waals surface area contributed by atoms with E-state index in [0.717, 1.165) is 19.3 Å². The van der Waals surface area contributed by atoms with Crippen LogP contribution < -0.4 is 10.5 Å². The van der Waals surface area contributed by atoms with Gasteiger partial charge >= 0.3 is 0 Å². The first kappa shape index (κ1) is 17.5. The van der Waals surface area contributed by atoms with E-state index in [9.17, 15) is 8.42 Å². The van der Waals surface area contributed by atoms with E-state index in [1.165, 1.54) is 25.3 Å². The number of halogens is 1. The standard InChI is InChI=1S/C14H23BrN2O2S/c1-2-3-4-5-6-7-10-17-20(18,19)14-11-12(15)8-9-13(14)16/h8-9,11,17H,2-7,10,16H2,1H3. The minimum atomic E-state index is -3.52. The van der Waals surface area contributed by atoms with Gasteiger partial charge in [-0.3, -0.25) is 0 Å². The maximum atomic E-state index is 12.1. The minimum absolute atomic E-state index is 0.137. The molecule has 0 bridgehead atoms. The second-order valence-corrected chi connectivity index (χ2v) is 7.50. The molecule has 0 fully saturated rings. The molecule has 0 radical (unpaired) electrons. The Balaban J connectivity index is 2.44. The highest BCUT2D eigenvalue weighted by Crippen LogP contribution is 2.22. The summed E-state index contributed by atoms with van der Waals surface area (Å²) in [5, 5.41) is 0. The smallest absolute Gasteiger partial charge is 0.242 e. The molecule has 20 heavy (non-hydrogen) atoms. The first-order valence-electron chi connectivity index (χ1n) is 7.02. The Morgan fingerprint density at radius 1 is 1.15 bits per heavy atom. The van der Waals surface area contributed by atoms with Gasteiger partial charge < -0.3 is 5.73 Å². The van der Waals surface area contributed by atoms with Gasteiger partial charge in [-0.2, -0.15) is 0 Å². The van der Waals surface area contributed by atoms with Crippen molar-refractivity contribution >= 4 is 31.6 Å². The fraction of sp³-hybridized carbons (Fsp3) is 0.571. The average molecular weight is 363 g/mol. The van der Waals surface area contributed by atoms with Crippen LogP contribution in [0.3, 0.4) is 0 Å². The number of nitrogens with two attached hydrogens (primary N) is 1. The predicted molar refractivity (Wildman–Crippen MR) is 87.1 cm³/mol. The molecule has 0 unspecified atom stereocenters. The summed E-state index contributed by atoms with van der Waals surface area (Å²) in [6, 6.07) is 4.84. The summed E-state index contributed by atoms with van der Waals surface area (Å²) < 4.78 is 27.6. The third-order valence-corrected chi connectivity index (χ3v) is 5.10. The molecule has 0 saturated heterocycles. The van der Waals surface area contributed by atoms with Crippen LogP contribution in [0.4, 0.5) is 5.69 Å². The molecule has 1 aromatic carbocycles. The number of anilines is 1. The molecule has 1 rings (SSSR count). The number of nitrogens with one attached hydrogen (secondary N) is 1.